The number of nitrogens with zero attached hydrogens (tertiary/aromatic N) is 1. The largest absolute Gasteiger partial charge is 0.493 e. The summed E-state index contributed by atoms with van der Waals surface area (Å²) in [5.74, 6) is 1.21. The molecule has 0 spiro atoms. The number of ether oxygens (including phenoxy) is 3. The fourth-order valence-electron chi connectivity index (χ4n) is 2.44. The summed E-state index contributed by atoms with van der Waals surface area (Å²) in [4.78, 5) is 23.7. The number of aliphatic hydroxyl groups is 1. The second kappa shape index (κ2) is 9.48. The number of hydrogen-bond acceptors (Lipinski definition) is 6. The van der Waals surface area contributed by atoms with Crippen molar-refractivity contribution in [1.82, 2.24) is 9.88 Å². The predicted octanol–water partition coefficient (Wildman–Crippen LogP) is 1.06. The summed E-state index contributed by atoms with van der Waals surface area (Å²) in [5.41, 5.74) is 0.203. The van der Waals surface area contributed by atoms with Crippen LogP contribution in [0.5, 0.6) is 17.2 Å². The molecule has 9 nitrogen and oxygen atoms in total. The van der Waals surface area contributed by atoms with E-state index in [4.69, 9.17) is 14.2 Å². The zero-order chi connectivity index (χ0) is 19.8. The van der Waals surface area contributed by atoms with Gasteiger partial charge in [-0.1, -0.05) is 6.07 Å². The van der Waals surface area contributed by atoms with Crippen molar-refractivity contribution >= 4 is 11.7 Å². The fourth-order valence-corrected chi connectivity index (χ4v) is 2.44. The minimum absolute atomic E-state index is 0.0302. The summed E-state index contributed by atoms with van der Waals surface area (Å²) in [7, 11) is 4.44. The number of anilines is 1. The maximum absolute atomic E-state index is 12.1. The van der Waals surface area contributed by atoms with E-state index in [1.807, 2.05) is 0 Å². The molecule has 27 heavy (non-hydrogen) atoms. The van der Waals surface area contributed by atoms with E-state index in [0.717, 1.165) is 0 Å². The Morgan fingerprint density at radius 3 is 2.37 bits per heavy atom. The van der Waals surface area contributed by atoms with Crippen molar-refractivity contribution in [2.45, 2.75) is 12.6 Å². The highest BCUT2D eigenvalue weighted by atomic mass is 16.5. The molecule has 0 bridgehead atoms. The monoisotopic (exact) mass is 377 g/mol. The fraction of sp³-hybridized carbons (Fsp3) is 0.333. The number of pyridine rings is 1. The van der Waals surface area contributed by atoms with E-state index in [0.29, 0.717) is 22.9 Å². The molecule has 3 N–H and O–H groups in total. The van der Waals surface area contributed by atoms with Gasteiger partial charge in [0.2, 0.25) is 5.75 Å². The minimum Gasteiger partial charge on any atom is -0.493 e. The van der Waals surface area contributed by atoms with Gasteiger partial charge in [0, 0.05) is 30.9 Å². The Labute approximate surface area is 156 Å². The normalized spacial score (nSPS) is 11.4. The van der Waals surface area contributed by atoms with Crippen molar-refractivity contribution in [2.75, 3.05) is 33.2 Å². The Hall–Kier alpha value is -3.20. The number of aliphatic hydroxyl groups excluding tert-OH is 1. The smallest absolute Gasteiger partial charge is 0.319 e. The van der Waals surface area contributed by atoms with Crippen molar-refractivity contribution in [2.24, 2.45) is 0 Å². The number of rotatable bonds is 8. The van der Waals surface area contributed by atoms with Gasteiger partial charge in [0.25, 0.3) is 5.56 Å². The van der Waals surface area contributed by atoms with Gasteiger partial charge in [-0.3, -0.25) is 4.79 Å². The van der Waals surface area contributed by atoms with Crippen LogP contribution in [0.3, 0.4) is 0 Å². The molecule has 0 aliphatic carbocycles. The van der Waals surface area contributed by atoms with Crippen LogP contribution in [0.4, 0.5) is 10.5 Å². The molecule has 0 fully saturated rings. The molecule has 1 heterocycles. The lowest BCUT2D eigenvalue weighted by Gasteiger charge is -2.16. The Kier molecular flexibility index (Phi) is 7.07. The van der Waals surface area contributed by atoms with Crippen LogP contribution in [0.25, 0.3) is 0 Å². The van der Waals surface area contributed by atoms with Crippen molar-refractivity contribution in [3.63, 3.8) is 0 Å². The summed E-state index contributed by atoms with van der Waals surface area (Å²) in [6.07, 6.45) is 0.650. The maximum Gasteiger partial charge on any atom is 0.319 e. The lowest BCUT2D eigenvalue weighted by molar-refractivity contribution is 0.151. The molecular formula is C18H23N3O6. The molecule has 0 aliphatic heterocycles. The van der Waals surface area contributed by atoms with Crippen LogP contribution in [-0.2, 0) is 6.54 Å². The molecule has 0 aliphatic rings. The van der Waals surface area contributed by atoms with Gasteiger partial charge in [0.05, 0.1) is 39.7 Å². The van der Waals surface area contributed by atoms with E-state index in [2.05, 4.69) is 10.6 Å². The molecule has 1 aromatic carbocycles. The Morgan fingerprint density at radius 2 is 1.81 bits per heavy atom. The number of amides is 2. The van der Waals surface area contributed by atoms with E-state index in [1.54, 1.807) is 30.5 Å². The Balaban J connectivity index is 1.95. The third kappa shape index (κ3) is 5.38. The Morgan fingerprint density at radius 1 is 1.15 bits per heavy atom. The number of carbonyl (C=O) groups is 1. The van der Waals surface area contributed by atoms with Gasteiger partial charge in [0.15, 0.2) is 11.5 Å². The molecule has 0 saturated carbocycles. The van der Waals surface area contributed by atoms with Gasteiger partial charge in [0.1, 0.15) is 0 Å². The van der Waals surface area contributed by atoms with E-state index in [1.165, 1.54) is 32.0 Å². The number of urea groups is 1. The number of benzene rings is 1. The number of hydrogen-bond donors (Lipinski definition) is 3. The first-order valence-corrected chi connectivity index (χ1v) is 8.17. The van der Waals surface area contributed by atoms with Crippen molar-refractivity contribution in [3.8, 4) is 17.2 Å². The van der Waals surface area contributed by atoms with Crippen LogP contribution in [-0.4, -0.2) is 49.7 Å². The molecule has 146 valence electrons. The third-order valence-electron chi connectivity index (χ3n) is 3.73. The summed E-state index contributed by atoms with van der Waals surface area (Å²) < 4.78 is 17.0. The van der Waals surface area contributed by atoms with Gasteiger partial charge in [-0.05, 0) is 6.07 Å². The van der Waals surface area contributed by atoms with Crippen LogP contribution >= 0.6 is 0 Å². The van der Waals surface area contributed by atoms with Gasteiger partial charge in [-0.25, -0.2) is 4.79 Å². The third-order valence-corrected chi connectivity index (χ3v) is 3.73. The van der Waals surface area contributed by atoms with Gasteiger partial charge < -0.3 is 34.5 Å². The second-order valence-electron chi connectivity index (χ2n) is 5.59. The first kappa shape index (κ1) is 20.1. The van der Waals surface area contributed by atoms with Crippen LogP contribution in [0.2, 0.25) is 0 Å². The highest BCUT2D eigenvalue weighted by Gasteiger charge is 2.15. The van der Waals surface area contributed by atoms with Crippen LogP contribution in [0.15, 0.2) is 41.3 Å². The van der Waals surface area contributed by atoms with E-state index >= 15 is 0 Å². The van der Waals surface area contributed by atoms with Crippen molar-refractivity contribution < 1.29 is 24.1 Å². The van der Waals surface area contributed by atoms with Gasteiger partial charge >= 0.3 is 6.03 Å². The first-order chi connectivity index (χ1) is 13.0. The topological polar surface area (TPSA) is 111 Å². The highest BCUT2D eigenvalue weighted by molar-refractivity contribution is 5.90. The van der Waals surface area contributed by atoms with E-state index < -0.39 is 12.1 Å². The summed E-state index contributed by atoms with van der Waals surface area (Å²) >= 11 is 0. The molecule has 1 atom stereocenters. The molecular weight excluding hydrogens is 354 g/mol. The molecule has 0 saturated heterocycles. The first-order valence-electron chi connectivity index (χ1n) is 8.17. The van der Waals surface area contributed by atoms with E-state index in [-0.39, 0.29) is 18.6 Å². The predicted molar refractivity (Wildman–Crippen MR) is 99.8 cm³/mol. The quantitative estimate of drug-likeness (QED) is 0.634. The average molecular weight is 377 g/mol. The van der Waals surface area contributed by atoms with Crippen LogP contribution < -0.4 is 30.4 Å². The Bertz CT molecular complexity index is 811. The SMILES string of the molecule is COc1cc(NC(=O)NCC(O)Cn2ccccc2=O)cc(OC)c1OC. The number of nitrogens with one attached hydrogen (secondary N) is 2. The van der Waals surface area contributed by atoms with Crippen LogP contribution in [0, 0.1) is 0 Å². The highest BCUT2D eigenvalue weighted by Crippen LogP contribution is 2.39. The average Bonchev–Trinajstić information content (AvgIpc) is 2.67. The lowest BCUT2D eigenvalue weighted by Crippen LogP contribution is -2.38. The minimum atomic E-state index is -0.921. The lowest BCUT2D eigenvalue weighted by atomic mass is 10.2. The molecule has 9 heteroatoms. The molecule has 2 aromatic rings. The second-order valence-corrected chi connectivity index (χ2v) is 5.59. The number of aromatic nitrogens is 1. The zero-order valence-corrected chi connectivity index (χ0v) is 15.4. The summed E-state index contributed by atoms with van der Waals surface area (Å²) in [5, 5.41) is 15.2. The standard InChI is InChI=1S/C18H23N3O6/c1-25-14-8-12(9-15(26-2)17(14)27-3)20-18(24)19-10-13(22)11-21-7-5-4-6-16(21)23/h4-9,13,22H,10-11H2,1-3H3,(H2,19,20,24). The molecule has 0 radical (unpaired) electrons. The maximum atomic E-state index is 12.1. The van der Waals surface area contributed by atoms with Crippen molar-refractivity contribution in [3.05, 3.63) is 46.9 Å². The van der Waals surface area contributed by atoms with Crippen LogP contribution in [0.1, 0.15) is 0 Å². The number of methoxy groups -OCH3 is 3. The summed E-state index contributed by atoms with van der Waals surface area (Å²) in [6, 6.07) is 7.36. The van der Waals surface area contributed by atoms with E-state index in [9.17, 15) is 14.7 Å². The molecule has 2 rings (SSSR count). The van der Waals surface area contributed by atoms with Gasteiger partial charge in [-0.15, -0.1) is 0 Å². The zero-order valence-electron chi connectivity index (χ0n) is 15.4. The van der Waals surface area contributed by atoms with Crippen molar-refractivity contribution in [1.29, 1.82) is 0 Å². The summed E-state index contributed by atoms with van der Waals surface area (Å²) in [6.45, 7) is 0.0434. The number of carbonyl (C=O) groups excluding carboxylic acids is 1. The molecule has 1 aromatic heterocycles. The molecule has 2 amide bonds. The van der Waals surface area contributed by atoms with Gasteiger partial charge in [-0.2, -0.15) is 0 Å². The molecule has 1 unspecified atom stereocenters.